The van der Waals surface area contributed by atoms with Gasteiger partial charge in [0.2, 0.25) is 0 Å². The Hall–Kier alpha value is -1.25. The lowest BCUT2D eigenvalue weighted by atomic mass is 9.52. The van der Waals surface area contributed by atoms with E-state index in [-0.39, 0.29) is 0 Å². The topological polar surface area (TPSA) is 43.8 Å². The number of nitrogen functional groups attached to an aromatic ring is 1. The van der Waals surface area contributed by atoms with Crippen LogP contribution in [0.25, 0.3) is 6.20 Å². The van der Waals surface area contributed by atoms with Gasteiger partial charge in [0, 0.05) is 12.3 Å². The van der Waals surface area contributed by atoms with E-state index in [1.165, 1.54) is 32.1 Å². The molecule has 0 aliphatic heterocycles. The van der Waals surface area contributed by atoms with E-state index in [1.54, 1.807) is 10.9 Å². The van der Waals surface area contributed by atoms with E-state index in [1.807, 2.05) is 6.07 Å². The predicted octanol–water partition coefficient (Wildman–Crippen LogP) is 3.01. The molecule has 3 heteroatoms. The summed E-state index contributed by atoms with van der Waals surface area (Å²) in [4.78, 5) is 0. The maximum atomic E-state index is 5.85. The van der Waals surface area contributed by atoms with Gasteiger partial charge in [-0.25, -0.2) is 4.68 Å². The lowest BCUT2D eigenvalue weighted by molar-refractivity contribution is -0.0159. The largest absolute Gasteiger partial charge is 0.384 e. The van der Waals surface area contributed by atoms with Gasteiger partial charge in [-0.1, -0.05) is 6.08 Å². The number of hydrogen-bond acceptors (Lipinski definition) is 2. The Kier molecular flexibility index (Phi) is 2.29. The zero-order chi connectivity index (χ0) is 12.1. The predicted molar refractivity (Wildman–Crippen MR) is 72.5 cm³/mol. The third-order valence-electron chi connectivity index (χ3n) is 5.45. The first-order valence-electron chi connectivity index (χ1n) is 7.27. The number of nitrogens with two attached hydrogens (primary N) is 1. The van der Waals surface area contributed by atoms with Crippen molar-refractivity contribution >= 4 is 12.0 Å². The summed E-state index contributed by atoms with van der Waals surface area (Å²) in [5.41, 5.74) is 5.85. The smallest absolute Gasteiger partial charge is 0.126 e. The first-order chi connectivity index (χ1) is 8.79. The van der Waals surface area contributed by atoms with Crippen LogP contribution in [-0.4, -0.2) is 9.78 Å². The van der Waals surface area contributed by atoms with Crippen molar-refractivity contribution in [3.63, 3.8) is 0 Å². The van der Waals surface area contributed by atoms with Crippen LogP contribution in [0.2, 0.25) is 0 Å². The molecule has 1 aromatic heterocycles. The van der Waals surface area contributed by atoms with Crippen LogP contribution in [-0.2, 0) is 0 Å². The van der Waals surface area contributed by atoms with Gasteiger partial charge in [0.15, 0.2) is 0 Å². The summed E-state index contributed by atoms with van der Waals surface area (Å²) >= 11 is 0. The summed E-state index contributed by atoms with van der Waals surface area (Å²) in [6.45, 7) is 0. The van der Waals surface area contributed by atoms with Crippen LogP contribution in [0.1, 0.15) is 32.1 Å². The van der Waals surface area contributed by atoms with Crippen molar-refractivity contribution in [2.24, 2.45) is 29.6 Å². The summed E-state index contributed by atoms with van der Waals surface area (Å²) in [5.74, 6) is 5.49. The molecular weight excluding hydrogens is 222 g/mol. The Balaban J connectivity index is 1.55. The molecule has 0 saturated heterocycles. The number of anilines is 1. The summed E-state index contributed by atoms with van der Waals surface area (Å²) in [7, 11) is 0. The summed E-state index contributed by atoms with van der Waals surface area (Å²) in [6.07, 6.45) is 13.6. The van der Waals surface area contributed by atoms with Gasteiger partial charge in [-0.05, 0) is 61.7 Å². The Labute approximate surface area is 108 Å². The minimum atomic E-state index is 0.732. The SMILES string of the molecule is Nc1ccnn1/C=C\C1C2CC3CC(C2)CC1C3. The molecule has 0 radical (unpaired) electrons. The summed E-state index contributed by atoms with van der Waals surface area (Å²) in [5, 5.41) is 4.22. The number of rotatable bonds is 2. The van der Waals surface area contributed by atoms with Crippen LogP contribution in [0.3, 0.4) is 0 Å². The molecule has 4 aliphatic rings. The van der Waals surface area contributed by atoms with E-state index < -0.39 is 0 Å². The maximum absolute atomic E-state index is 5.85. The average molecular weight is 243 g/mol. The zero-order valence-corrected chi connectivity index (χ0v) is 10.7. The highest BCUT2D eigenvalue weighted by atomic mass is 15.3. The van der Waals surface area contributed by atoms with Gasteiger partial charge < -0.3 is 5.73 Å². The van der Waals surface area contributed by atoms with Crippen molar-refractivity contribution in [2.75, 3.05) is 5.73 Å². The minimum Gasteiger partial charge on any atom is -0.384 e. The lowest BCUT2D eigenvalue weighted by Gasteiger charge is -2.53. The second-order valence-corrected chi connectivity index (χ2v) is 6.55. The second kappa shape index (κ2) is 3.87. The fourth-order valence-corrected chi connectivity index (χ4v) is 4.91. The fraction of sp³-hybridized carbons (Fsp3) is 0.667. The molecule has 2 N–H and O–H groups in total. The average Bonchev–Trinajstić information content (AvgIpc) is 2.73. The molecule has 96 valence electrons. The quantitative estimate of drug-likeness (QED) is 0.867. The number of allylic oxidation sites excluding steroid dienone is 1. The van der Waals surface area contributed by atoms with Crippen molar-refractivity contribution in [2.45, 2.75) is 32.1 Å². The van der Waals surface area contributed by atoms with Gasteiger partial charge in [-0.15, -0.1) is 0 Å². The molecule has 0 unspecified atom stereocenters. The summed E-state index contributed by atoms with van der Waals surface area (Å²) in [6, 6.07) is 1.85. The van der Waals surface area contributed by atoms with E-state index in [4.69, 9.17) is 5.73 Å². The Morgan fingerprint density at radius 3 is 2.33 bits per heavy atom. The van der Waals surface area contributed by atoms with Crippen molar-refractivity contribution < 1.29 is 0 Å². The Bertz CT molecular complexity index is 446. The van der Waals surface area contributed by atoms with Gasteiger partial charge in [0.1, 0.15) is 5.82 Å². The van der Waals surface area contributed by atoms with Crippen molar-refractivity contribution in [1.29, 1.82) is 0 Å². The van der Waals surface area contributed by atoms with Crippen molar-refractivity contribution in [1.82, 2.24) is 9.78 Å². The third kappa shape index (κ3) is 1.60. The molecule has 18 heavy (non-hydrogen) atoms. The zero-order valence-electron chi connectivity index (χ0n) is 10.7. The molecular formula is C15H21N3. The molecule has 4 bridgehead atoms. The number of nitrogens with zero attached hydrogens (tertiary/aromatic N) is 2. The van der Waals surface area contributed by atoms with Crippen LogP contribution < -0.4 is 5.73 Å². The molecule has 4 aliphatic carbocycles. The van der Waals surface area contributed by atoms with Crippen LogP contribution in [0.5, 0.6) is 0 Å². The van der Waals surface area contributed by atoms with Gasteiger partial charge in [0.25, 0.3) is 0 Å². The molecule has 0 amide bonds. The van der Waals surface area contributed by atoms with Crippen molar-refractivity contribution in [3.8, 4) is 0 Å². The van der Waals surface area contributed by atoms with Crippen LogP contribution in [0, 0.1) is 29.6 Å². The second-order valence-electron chi connectivity index (χ2n) is 6.55. The van der Waals surface area contributed by atoms with Crippen LogP contribution in [0.4, 0.5) is 5.82 Å². The molecule has 1 heterocycles. The van der Waals surface area contributed by atoms with E-state index in [0.29, 0.717) is 0 Å². The number of hydrogen-bond donors (Lipinski definition) is 1. The Morgan fingerprint density at radius 1 is 1.11 bits per heavy atom. The molecule has 5 rings (SSSR count). The Morgan fingerprint density at radius 2 is 1.78 bits per heavy atom. The van der Waals surface area contributed by atoms with E-state index in [0.717, 1.165) is 35.4 Å². The van der Waals surface area contributed by atoms with Gasteiger partial charge in [-0.3, -0.25) is 0 Å². The monoisotopic (exact) mass is 243 g/mol. The number of aromatic nitrogens is 2. The molecule has 4 fully saturated rings. The highest BCUT2D eigenvalue weighted by molar-refractivity contribution is 5.38. The standard InChI is InChI=1S/C15H21N3/c16-15-1-3-17-18(15)4-2-14-12-6-10-5-11(8-12)9-13(14)7-10/h1-4,10-14H,5-9,16H2/b4-2-. The fourth-order valence-electron chi connectivity index (χ4n) is 4.91. The van der Waals surface area contributed by atoms with Gasteiger partial charge in [-0.2, -0.15) is 5.10 Å². The van der Waals surface area contributed by atoms with Gasteiger partial charge in [0.05, 0.1) is 6.20 Å². The highest BCUT2D eigenvalue weighted by Crippen LogP contribution is 2.56. The van der Waals surface area contributed by atoms with Crippen molar-refractivity contribution in [3.05, 3.63) is 18.3 Å². The van der Waals surface area contributed by atoms with E-state index >= 15 is 0 Å². The molecule has 0 spiro atoms. The first-order valence-corrected chi connectivity index (χ1v) is 7.27. The van der Waals surface area contributed by atoms with Crippen LogP contribution in [0.15, 0.2) is 18.3 Å². The molecule has 0 atom stereocenters. The van der Waals surface area contributed by atoms with E-state index in [9.17, 15) is 0 Å². The highest BCUT2D eigenvalue weighted by Gasteiger charge is 2.47. The molecule has 0 aromatic carbocycles. The lowest BCUT2D eigenvalue weighted by Crippen LogP contribution is -2.44. The summed E-state index contributed by atoms with van der Waals surface area (Å²) < 4.78 is 1.80. The van der Waals surface area contributed by atoms with Gasteiger partial charge >= 0.3 is 0 Å². The van der Waals surface area contributed by atoms with Crippen LogP contribution >= 0.6 is 0 Å². The minimum absolute atomic E-state index is 0.732. The first kappa shape index (κ1) is 10.7. The third-order valence-corrected chi connectivity index (χ3v) is 5.45. The normalized spacial score (nSPS) is 41.9. The maximum Gasteiger partial charge on any atom is 0.126 e. The van der Waals surface area contributed by atoms with E-state index in [2.05, 4.69) is 17.4 Å². The molecule has 1 aromatic rings. The molecule has 4 saturated carbocycles. The molecule has 3 nitrogen and oxygen atoms in total.